The molecule has 1 aliphatic carbocycles. The van der Waals surface area contributed by atoms with E-state index >= 15 is 0 Å². The van der Waals surface area contributed by atoms with Crippen LogP contribution in [0.15, 0.2) is 18.2 Å². The lowest BCUT2D eigenvalue weighted by atomic mass is 10.1. The molecule has 0 bridgehead atoms. The normalized spacial score (nSPS) is 20.2. The maximum Gasteiger partial charge on any atom is 0.407 e. The van der Waals surface area contributed by atoms with E-state index in [1.165, 1.54) is 12.1 Å². The van der Waals surface area contributed by atoms with E-state index in [9.17, 15) is 19.3 Å². The van der Waals surface area contributed by atoms with Gasteiger partial charge in [-0.15, -0.1) is 0 Å². The summed E-state index contributed by atoms with van der Waals surface area (Å²) in [6.45, 7) is 5.98. The van der Waals surface area contributed by atoms with Gasteiger partial charge in [0.05, 0.1) is 16.7 Å². The number of anilines is 1. The first-order valence-electron chi connectivity index (χ1n) is 8.31. The third-order valence-corrected chi connectivity index (χ3v) is 4.01. The Bertz CT molecular complexity index is 645. The van der Waals surface area contributed by atoms with E-state index < -0.39 is 22.4 Å². The van der Waals surface area contributed by atoms with E-state index in [-0.39, 0.29) is 23.3 Å². The minimum absolute atomic E-state index is 0.0448. The monoisotopic (exact) mass is 353 g/mol. The van der Waals surface area contributed by atoms with Crippen LogP contribution in [0.4, 0.5) is 20.6 Å². The fraction of sp³-hybridized carbons (Fsp3) is 0.588. The van der Waals surface area contributed by atoms with Crippen molar-refractivity contribution in [3.8, 4) is 0 Å². The highest BCUT2D eigenvalue weighted by molar-refractivity contribution is 5.68. The molecule has 8 heteroatoms. The number of carbonyl (C=O) groups excluding carboxylic acids is 1. The molecule has 7 nitrogen and oxygen atoms in total. The fourth-order valence-electron chi connectivity index (χ4n) is 2.88. The maximum absolute atomic E-state index is 13.9. The number of non-ortho nitro benzene ring substituents is 1. The van der Waals surface area contributed by atoms with Gasteiger partial charge in [-0.05, 0) is 52.0 Å². The number of halogens is 1. The highest BCUT2D eigenvalue weighted by Crippen LogP contribution is 2.27. The second kappa shape index (κ2) is 7.67. The molecule has 0 aromatic heterocycles. The van der Waals surface area contributed by atoms with Gasteiger partial charge in [0.15, 0.2) is 5.82 Å². The molecule has 0 spiro atoms. The van der Waals surface area contributed by atoms with Crippen LogP contribution in [0, 0.1) is 21.8 Å². The predicted octanol–water partition coefficient (Wildman–Crippen LogP) is 3.84. The summed E-state index contributed by atoms with van der Waals surface area (Å²) in [6.07, 6.45) is 2.10. The third kappa shape index (κ3) is 5.88. The first kappa shape index (κ1) is 19.0. The summed E-state index contributed by atoms with van der Waals surface area (Å²) in [6, 6.07) is 3.60. The number of benzene rings is 1. The molecule has 0 radical (unpaired) electrons. The molecule has 1 aliphatic rings. The molecule has 25 heavy (non-hydrogen) atoms. The number of nitro groups is 1. The average Bonchev–Trinajstić information content (AvgIpc) is 2.91. The number of carbonyl (C=O) groups is 1. The molecule has 0 saturated heterocycles. The SMILES string of the molecule is CC(C)(C)OC(=O)NC1CCC(CNc2ccc([N+](=O)[O-])cc2F)C1. The Morgan fingerprint density at radius 2 is 2.12 bits per heavy atom. The predicted molar refractivity (Wildman–Crippen MR) is 92.0 cm³/mol. The van der Waals surface area contributed by atoms with Crippen molar-refractivity contribution < 1.29 is 18.8 Å². The van der Waals surface area contributed by atoms with Crippen molar-refractivity contribution in [2.24, 2.45) is 5.92 Å². The van der Waals surface area contributed by atoms with Crippen molar-refractivity contribution in [2.45, 2.75) is 51.7 Å². The molecule has 2 atom stereocenters. The Morgan fingerprint density at radius 1 is 1.40 bits per heavy atom. The Kier molecular flexibility index (Phi) is 5.81. The summed E-state index contributed by atoms with van der Waals surface area (Å²) in [5.74, 6) is -0.356. The second-order valence-electron chi connectivity index (χ2n) is 7.32. The Morgan fingerprint density at radius 3 is 2.72 bits per heavy atom. The Labute approximate surface area is 146 Å². The summed E-state index contributed by atoms with van der Waals surface area (Å²) < 4.78 is 19.1. The Balaban J connectivity index is 1.80. The number of hydrogen-bond acceptors (Lipinski definition) is 5. The molecule has 2 unspecified atom stereocenters. The zero-order valence-corrected chi connectivity index (χ0v) is 14.7. The van der Waals surface area contributed by atoms with Crippen LogP contribution in [0.5, 0.6) is 0 Å². The van der Waals surface area contributed by atoms with Gasteiger partial charge in [-0.25, -0.2) is 9.18 Å². The largest absolute Gasteiger partial charge is 0.444 e. The van der Waals surface area contributed by atoms with Gasteiger partial charge < -0.3 is 15.4 Å². The molecule has 1 aromatic rings. The summed E-state index contributed by atoms with van der Waals surface area (Å²) in [5.41, 5.74) is -0.559. The quantitative estimate of drug-likeness (QED) is 0.620. The zero-order chi connectivity index (χ0) is 18.6. The van der Waals surface area contributed by atoms with Gasteiger partial charge in [-0.2, -0.15) is 0 Å². The molecule has 0 aliphatic heterocycles. The lowest BCUT2D eigenvalue weighted by Gasteiger charge is -2.21. The number of nitrogens with zero attached hydrogens (tertiary/aromatic N) is 1. The van der Waals surface area contributed by atoms with E-state index in [4.69, 9.17) is 4.74 Å². The van der Waals surface area contributed by atoms with E-state index in [2.05, 4.69) is 10.6 Å². The summed E-state index contributed by atoms with van der Waals surface area (Å²) in [7, 11) is 0. The average molecular weight is 353 g/mol. The minimum atomic E-state index is -0.643. The number of hydrogen-bond donors (Lipinski definition) is 2. The molecule has 2 rings (SSSR count). The van der Waals surface area contributed by atoms with Gasteiger partial charge >= 0.3 is 6.09 Å². The maximum atomic E-state index is 13.9. The highest BCUT2D eigenvalue weighted by Gasteiger charge is 2.27. The van der Waals surface area contributed by atoms with E-state index in [0.717, 1.165) is 25.3 Å². The molecule has 0 heterocycles. The van der Waals surface area contributed by atoms with Crippen LogP contribution in [0.3, 0.4) is 0 Å². The molecular weight excluding hydrogens is 329 g/mol. The molecule has 1 saturated carbocycles. The van der Waals surface area contributed by atoms with Crippen molar-refractivity contribution in [3.63, 3.8) is 0 Å². The highest BCUT2D eigenvalue weighted by atomic mass is 19.1. The summed E-state index contributed by atoms with van der Waals surface area (Å²) >= 11 is 0. The van der Waals surface area contributed by atoms with Crippen molar-refractivity contribution >= 4 is 17.5 Å². The van der Waals surface area contributed by atoms with Crippen LogP contribution < -0.4 is 10.6 Å². The van der Waals surface area contributed by atoms with Crippen LogP contribution in [0.1, 0.15) is 40.0 Å². The number of nitrogens with one attached hydrogen (secondary N) is 2. The third-order valence-electron chi connectivity index (χ3n) is 4.01. The number of amides is 1. The van der Waals surface area contributed by atoms with Gasteiger partial charge in [0.1, 0.15) is 5.60 Å². The van der Waals surface area contributed by atoms with E-state index in [0.29, 0.717) is 6.54 Å². The topological polar surface area (TPSA) is 93.5 Å². The first-order chi connectivity index (χ1) is 11.6. The van der Waals surface area contributed by atoms with Crippen molar-refractivity contribution in [2.75, 3.05) is 11.9 Å². The van der Waals surface area contributed by atoms with Gasteiger partial charge in [0, 0.05) is 18.7 Å². The van der Waals surface area contributed by atoms with Gasteiger partial charge in [0.25, 0.3) is 5.69 Å². The number of alkyl carbamates (subject to hydrolysis) is 1. The molecule has 1 fully saturated rings. The summed E-state index contributed by atoms with van der Waals surface area (Å²) in [5, 5.41) is 16.5. The van der Waals surface area contributed by atoms with Crippen LogP contribution in [-0.4, -0.2) is 29.2 Å². The van der Waals surface area contributed by atoms with Crippen LogP contribution in [0.2, 0.25) is 0 Å². The fourth-order valence-corrected chi connectivity index (χ4v) is 2.88. The standard InChI is InChI=1S/C17H24FN3O4/c1-17(2,3)25-16(22)20-12-5-4-11(8-12)10-19-15-7-6-13(21(23)24)9-14(15)18/h6-7,9,11-12,19H,4-5,8,10H2,1-3H3,(H,20,22). The molecule has 1 amide bonds. The van der Waals surface area contributed by atoms with Crippen molar-refractivity contribution in [1.29, 1.82) is 0 Å². The lowest BCUT2D eigenvalue weighted by molar-refractivity contribution is -0.385. The molecule has 2 N–H and O–H groups in total. The lowest BCUT2D eigenvalue weighted by Crippen LogP contribution is -2.38. The molecular formula is C17H24FN3O4. The van der Waals surface area contributed by atoms with Gasteiger partial charge in [-0.1, -0.05) is 0 Å². The zero-order valence-electron chi connectivity index (χ0n) is 14.7. The van der Waals surface area contributed by atoms with Crippen LogP contribution in [-0.2, 0) is 4.74 Å². The molecule has 1 aromatic carbocycles. The number of nitro benzene ring substituents is 1. The first-order valence-corrected chi connectivity index (χ1v) is 8.31. The van der Waals surface area contributed by atoms with Gasteiger partial charge in [-0.3, -0.25) is 10.1 Å². The van der Waals surface area contributed by atoms with Gasteiger partial charge in [0.2, 0.25) is 0 Å². The van der Waals surface area contributed by atoms with E-state index in [1.807, 2.05) is 20.8 Å². The second-order valence-corrected chi connectivity index (χ2v) is 7.32. The van der Waals surface area contributed by atoms with E-state index in [1.54, 1.807) is 0 Å². The summed E-state index contributed by atoms with van der Waals surface area (Å²) in [4.78, 5) is 21.8. The van der Waals surface area contributed by atoms with Crippen molar-refractivity contribution in [3.05, 3.63) is 34.1 Å². The minimum Gasteiger partial charge on any atom is -0.444 e. The smallest absolute Gasteiger partial charge is 0.407 e. The number of rotatable bonds is 5. The van der Waals surface area contributed by atoms with Crippen LogP contribution in [0.25, 0.3) is 0 Å². The van der Waals surface area contributed by atoms with Crippen molar-refractivity contribution in [1.82, 2.24) is 5.32 Å². The molecule has 138 valence electrons. The van der Waals surface area contributed by atoms with Crippen LogP contribution >= 0.6 is 0 Å². The Hall–Kier alpha value is -2.38. The number of ether oxygens (including phenoxy) is 1.